The molecule has 2 nitrogen and oxygen atoms in total. The first-order chi connectivity index (χ1) is 6.90. The predicted octanol–water partition coefficient (Wildman–Crippen LogP) is 2.04. The number of hydrogen-bond acceptors (Lipinski definition) is 2. The third-order valence-electron chi connectivity index (χ3n) is 2.03. The van der Waals surface area contributed by atoms with E-state index in [1.165, 1.54) is 0 Å². The second-order valence-electron chi connectivity index (χ2n) is 2.98. The van der Waals surface area contributed by atoms with E-state index in [1.54, 1.807) is 6.20 Å². The average molecular weight is 184 g/mol. The molecular weight excluding hydrogens is 174 g/mol. The van der Waals surface area contributed by atoms with E-state index in [9.17, 15) is 0 Å². The molecule has 0 fully saturated rings. The van der Waals surface area contributed by atoms with Gasteiger partial charge in [-0.2, -0.15) is 0 Å². The van der Waals surface area contributed by atoms with E-state index in [1.807, 2.05) is 36.4 Å². The van der Waals surface area contributed by atoms with Gasteiger partial charge in [0.1, 0.15) is 0 Å². The Morgan fingerprint density at radius 1 is 1.14 bits per heavy atom. The molecule has 0 atom stereocenters. The molecule has 0 amide bonds. The molecule has 1 aromatic heterocycles. The van der Waals surface area contributed by atoms with Crippen LogP contribution in [0.2, 0.25) is 0 Å². The smallest absolute Gasteiger partial charge is 0.0853 e. The van der Waals surface area contributed by atoms with Gasteiger partial charge in [-0.1, -0.05) is 24.3 Å². The Morgan fingerprint density at radius 2 is 1.93 bits per heavy atom. The van der Waals surface area contributed by atoms with Crippen molar-refractivity contribution in [1.82, 2.24) is 4.98 Å². The van der Waals surface area contributed by atoms with Crippen molar-refractivity contribution in [2.75, 3.05) is 0 Å². The maximum Gasteiger partial charge on any atom is 0.0853 e. The zero-order valence-electron chi connectivity index (χ0n) is 7.64. The lowest BCUT2D eigenvalue weighted by molar-refractivity contribution is 0.277. The minimum atomic E-state index is -0.0210. The van der Waals surface area contributed by atoms with E-state index in [-0.39, 0.29) is 6.61 Å². The molecule has 2 heteroatoms. The minimum absolute atomic E-state index is 0.0210. The fourth-order valence-corrected chi connectivity index (χ4v) is 1.32. The third kappa shape index (κ3) is 1.80. The monoisotopic (exact) mass is 184 g/mol. The molecule has 0 aliphatic carbocycles. The molecule has 0 aliphatic rings. The number of hydrogen-bond donors (Lipinski definition) is 1. The molecular formula is C12H10NO. The summed E-state index contributed by atoms with van der Waals surface area (Å²) in [6, 6.07) is 14.5. The van der Waals surface area contributed by atoms with E-state index in [2.05, 4.69) is 11.1 Å². The van der Waals surface area contributed by atoms with Crippen LogP contribution in [0.1, 0.15) is 5.69 Å². The van der Waals surface area contributed by atoms with Gasteiger partial charge in [0, 0.05) is 6.20 Å². The molecule has 69 valence electrons. The SMILES string of the molecule is OCc1cc(-c2cc[c]cc2)ccn1. The van der Waals surface area contributed by atoms with Gasteiger partial charge in [0.25, 0.3) is 0 Å². The van der Waals surface area contributed by atoms with Crippen molar-refractivity contribution in [2.24, 2.45) is 0 Å². The first-order valence-electron chi connectivity index (χ1n) is 4.42. The van der Waals surface area contributed by atoms with Crippen LogP contribution in [-0.2, 0) is 6.61 Å². The summed E-state index contributed by atoms with van der Waals surface area (Å²) in [5, 5.41) is 8.94. The Kier molecular flexibility index (Phi) is 2.56. The van der Waals surface area contributed by atoms with Crippen molar-refractivity contribution in [2.45, 2.75) is 6.61 Å². The van der Waals surface area contributed by atoms with E-state index in [4.69, 9.17) is 5.11 Å². The highest BCUT2D eigenvalue weighted by molar-refractivity contribution is 5.62. The summed E-state index contributed by atoms with van der Waals surface area (Å²) in [5.74, 6) is 0. The zero-order chi connectivity index (χ0) is 9.80. The fraction of sp³-hybridized carbons (Fsp3) is 0.0833. The quantitative estimate of drug-likeness (QED) is 0.774. The maximum atomic E-state index is 8.94. The molecule has 1 N–H and O–H groups in total. The second-order valence-corrected chi connectivity index (χ2v) is 2.98. The molecule has 0 saturated carbocycles. The Balaban J connectivity index is 2.42. The number of aliphatic hydroxyl groups excluding tert-OH is 1. The summed E-state index contributed by atoms with van der Waals surface area (Å²) in [7, 11) is 0. The number of benzene rings is 1. The van der Waals surface area contributed by atoms with E-state index in [0.717, 1.165) is 11.1 Å². The summed E-state index contributed by atoms with van der Waals surface area (Å²) >= 11 is 0. The van der Waals surface area contributed by atoms with Crippen molar-refractivity contribution >= 4 is 0 Å². The largest absolute Gasteiger partial charge is 0.390 e. The van der Waals surface area contributed by atoms with Crippen molar-refractivity contribution in [3.8, 4) is 11.1 Å². The van der Waals surface area contributed by atoms with Gasteiger partial charge in [-0.25, -0.2) is 0 Å². The standard InChI is InChI=1S/C12H10NO/c14-9-12-8-11(6-7-13-12)10-4-2-1-3-5-10/h2-8,14H,9H2. The third-order valence-corrected chi connectivity index (χ3v) is 2.03. The van der Waals surface area contributed by atoms with Crippen molar-refractivity contribution < 1.29 is 5.11 Å². The Bertz CT molecular complexity index is 412. The minimum Gasteiger partial charge on any atom is -0.390 e. The van der Waals surface area contributed by atoms with Crippen molar-refractivity contribution in [1.29, 1.82) is 0 Å². The molecule has 2 aromatic rings. The summed E-state index contributed by atoms with van der Waals surface area (Å²) in [6.45, 7) is -0.0210. The van der Waals surface area contributed by atoms with Gasteiger partial charge in [-0.15, -0.1) is 0 Å². The van der Waals surface area contributed by atoms with E-state index < -0.39 is 0 Å². The summed E-state index contributed by atoms with van der Waals surface area (Å²) < 4.78 is 0. The van der Waals surface area contributed by atoms with Gasteiger partial charge >= 0.3 is 0 Å². The van der Waals surface area contributed by atoms with Crippen LogP contribution in [0.5, 0.6) is 0 Å². The molecule has 2 rings (SSSR count). The van der Waals surface area contributed by atoms with Crippen LogP contribution in [0.4, 0.5) is 0 Å². The van der Waals surface area contributed by atoms with Gasteiger partial charge in [-0.3, -0.25) is 4.98 Å². The van der Waals surface area contributed by atoms with Crippen LogP contribution in [0.25, 0.3) is 11.1 Å². The maximum absolute atomic E-state index is 8.94. The van der Waals surface area contributed by atoms with Gasteiger partial charge in [-0.05, 0) is 29.3 Å². The van der Waals surface area contributed by atoms with Crippen molar-refractivity contribution in [3.05, 3.63) is 54.4 Å². The highest BCUT2D eigenvalue weighted by Gasteiger charge is 1.97. The number of pyridine rings is 1. The van der Waals surface area contributed by atoms with Gasteiger partial charge < -0.3 is 5.11 Å². The van der Waals surface area contributed by atoms with Crippen LogP contribution in [0.3, 0.4) is 0 Å². The lowest BCUT2D eigenvalue weighted by Gasteiger charge is -2.02. The molecule has 0 aliphatic heterocycles. The highest BCUT2D eigenvalue weighted by atomic mass is 16.3. The van der Waals surface area contributed by atoms with Gasteiger partial charge in [0.15, 0.2) is 0 Å². The first kappa shape index (κ1) is 8.91. The predicted molar refractivity (Wildman–Crippen MR) is 54.4 cm³/mol. The van der Waals surface area contributed by atoms with Crippen LogP contribution in [0, 0.1) is 6.07 Å². The Hall–Kier alpha value is -1.67. The topological polar surface area (TPSA) is 33.1 Å². The number of rotatable bonds is 2. The molecule has 0 spiro atoms. The van der Waals surface area contributed by atoms with Crippen LogP contribution in [-0.4, -0.2) is 10.1 Å². The van der Waals surface area contributed by atoms with E-state index in [0.29, 0.717) is 5.69 Å². The second kappa shape index (κ2) is 4.03. The Morgan fingerprint density at radius 3 is 2.64 bits per heavy atom. The summed E-state index contributed by atoms with van der Waals surface area (Å²) in [4.78, 5) is 4.03. The lowest BCUT2D eigenvalue weighted by atomic mass is 10.1. The van der Waals surface area contributed by atoms with E-state index >= 15 is 0 Å². The van der Waals surface area contributed by atoms with Crippen LogP contribution < -0.4 is 0 Å². The first-order valence-corrected chi connectivity index (χ1v) is 4.42. The number of aromatic nitrogens is 1. The fourth-order valence-electron chi connectivity index (χ4n) is 1.32. The normalized spacial score (nSPS) is 10.1. The zero-order valence-corrected chi connectivity index (χ0v) is 7.64. The van der Waals surface area contributed by atoms with Gasteiger partial charge in [0.05, 0.1) is 12.3 Å². The number of nitrogens with zero attached hydrogens (tertiary/aromatic N) is 1. The molecule has 0 bridgehead atoms. The molecule has 1 heterocycles. The molecule has 1 aromatic carbocycles. The summed E-state index contributed by atoms with van der Waals surface area (Å²) in [6.07, 6.45) is 1.71. The molecule has 0 unspecified atom stereocenters. The molecule has 14 heavy (non-hydrogen) atoms. The molecule has 1 radical (unpaired) electrons. The highest BCUT2D eigenvalue weighted by Crippen LogP contribution is 2.18. The number of aliphatic hydroxyl groups is 1. The Labute approximate surface area is 82.9 Å². The molecule has 0 saturated heterocycles. The van der Waals surface area contributed by atoms with Crippen LogP contribution >= 0.6 is 0 Å². The summed E-state index contributed by atoms with van der Waals surface area (Å²) in [5.41, 5.74) is 2.87. The van der Waals surface area contributed by atoms with Gasteiger partial charge in [0.2, 0.25) is 0 Å². The van der Waals surface area contributed by atoms with Crippen LogP contribution in [0.15, 0.2) is 42.6 Å². The lowest BCUT2D eigenvalue weighted by Crippen LogP contribution is -1.88. The van der Waals surface area contributed by atoms with Crippen molar-refractivity contribution in [3.63, 3.8) is 0 Å². The average Bonchev–Trinajstić information content (AvgIpc) is 2.30.